The fourth-order valence-corrected chi connectivity index (χ4v) is 3.25. The number of hydrogen-bond donors (Lipinski definition) is 1. The molecule has 2 aromatic carbocycles. The number of carbonyl (C=O) groups excluding carboxylic acids is 1. The number of halogens is 4. The highest BCUT2D eigenvalue weighted by Gasteiger charge is 2.30. The zero-order valence-corrected chi connectivity index (χ0v) is 16.2. The molecule has 1 aliphatic heterocycles. The molecule has 0 unspecified atom stereocenters. The maximum absolute atomic E-state index is 12.8. The van der Waals surface area contributed by atoms with Crippen LogP contribution in [0.25, 0.3) is 0 Å². The lowest BCUT2D eigenvalue weighted by Gasteiger charge is -2.31. The van der Waals surface area contributed by atoms with E-state index < -0.39 is 17.6 Å². The van der Waals surface area contributed by atoms with Crippen molar-refractivity contribution in [2.75, 3.05) is 23.4 Å². The van der Waals surface area contributed by atoms with Crippen molar-refractivity contribution >= 4 is 34.7 Å². The van der Waals surface area contributed by atoms with Crippen LogP contribution in [-0.2, 0) is 6.18 Å². The minimum absolute atomic E-state index is 0.248. The van der Waals surface area contributed by atoms with Gasteiger partial charge >= 0.3 is 6.18 Å². The molecule has 1 aromatic heterocycles. The first-order valence-corrected chi connectivity index (χ1v) is 9.34. The van der Waals surface area contributed by atoms with E-state index in [0.29, 0.717) is 35.4 Å². The molecule has 0 spiro atoms. The molecule has 1 N–H and O–H groups in total. The largest absolute Gasteiger partial charge is 0.489 e. The molecule has 0 fully saturated rings. The Hall–Kier alpha value is -3.26. The fraction of sp³-hybridized carbons (Fsp3) is 0.143. The van der Waals surface area contributed by atoms with E-state index in [4.69, 9.17) is 16.3 Å². The number of hydrogen-bond acceptors (Lipinski definition) is 4. The van der Waals surface area contributed by atoms with Gasteiger partial charge in [0.25, 0.3) is 5.91 Å². The van der Waals surface area contributed by atoms with Crippen molar-refractivity contribution in [1.29, 1.82) is 0 Å². The fourth-order valence-electron chi connectivity index (χ4n) is 3.13. The number of amides is 1. The number of pyridine rings is 1. The predicted octanol–water partition coefficient (Wildman–Crippen LogP) is 5.54. The number of anilines is 3. The molecule has 0 aliphatic carbocycles. The molecule has 0 bridgehead atoms. The number of alkyl halides is 3. The Balaban J connectivity index is 1.60. The van der Waals surface area contributed by atoms with Crippen LogP contribution in [0.5, 0.6) is 5.75 Å². The molecule has 1 aliphatic rings. The van der Waals surface area contributed by atoms with Gasteiger partial charge in [0.1, 0.15) is 12.4 Å². The number of aromatic nitrogens is 1. The topological polar surface area (TPSA) is 54.5 Å². The van der Waals surface area contributed by atoms with Crippen LogP contribution in [0.1, 0.15) is 15.9 Å². The van der Waals surface area contributed by atoms with E-state index in [-0.39, 0.29) is 11.3 Å². The van der Waals surface area contributed by atoms with Crippen molar-refractivity contribution in [3.8, 4) is 5.75 Å². The van der Waals surface area contributed by atoms with Crippen LogP contribution in [0.4, 0.5) is 30.4 Å². The Bertz CT molecular complexity index is 1070. The number of nitrogens with zero attached hydrogens (tertiary/aromatic N) is 2. The van der Waals surface area contributed by atoms with Gasteiger partial charge in [-0.1, -0.05) is 17.7 Å². The summed E-state index contributed by atoms with van der Waals surface area (Å²) in [6.45, 7) is 0.869. The SMILES string of the molecule is O=C(Nc1ccc(C(F)(F)F)cc1)c1cccc2c1OCCN2c1ccc(Cl)cn1. The number of para-hydroxylation sites is 1. The van der Waals surface area contributed by atoms with Gasteiger partial charge in [-0.2, -0.15) is 13.2 Å². The van der Waals surface area contributed by atoms with Crippen molar-refractivity contribution < 1.29 is 22.7 Å². The van der Waals surface area contributed by atoms with Crippen LogP contribution in [-0.4, -0.2) is 24.0 Å². The summed E-state index contributed by atoms with van der Waals surface area (Å²) >= 11 is 5.91. The molecule has 154 valence electrons. The molecule has 0 atom stereocenters. The molecular formula is C21H15ClF3N3O2. The summed E-state index contributed by atoms with van der Waals surface area (Å²) in [4.78, 5) is 19.0. The first kappa shape index (κ1) is 20.0. The molecule has 1 amide bonds. The first-order chi connectivity index (χ1) is 14.3. The molecule has 30 heavy (non-hydrogen) atoms. The van der Waals surface area contributed by atoms with Gasteiger partial charge in [-0.25, -0.2) is 4.98 Å². The average Bonchev–Trinajstić information content (AvgIpc) is 2.73. The predicted molar refractivity (Wildman–Crippen MR) is 108 cm³/mol. The third-order valence-electron chi connectivity index (χ3n) is 4.55. The van der Waals surface area contributed by atoms with Gasteiger partial charge in [0.05, 0.1) is 28.4 Å². The lowest BCUT2D eigenvalue weighted by molar-refractivity contribution is -0.137. The molecule has 9 heteroatoms. The van der Waals surface area contributed by atoms with E-state index in [1.165, 1.54) is 18.3 Å². The second-order valence-electron chi connectivity index (χ2n) is 6.52. The van der Waals surface area contributed by atoms with Gasteiger partial charge in [0.2, 0.25) is 0 Å². The second kappa shape index (κ2) is 7.87. The summed E-state index contributed by atoms with van der Waals surface area (Å²) < 4.78 is 43.9. The highest BCUT2D eigenvalue weighted by molar-refractivity contribution is 6.30. The first-order valence-electron chi connectivity index (χ1n) is 8.96. The summed E-state index contributed by atoms with van der Waals surface area (Å²) in [5.74, 6) is 0.548. The number of carbonyl (C=O) groups is 1. The van der Waals surface area contributed by atoms with Crippen LogP contribution in [0.2, 0.25) is 5.02 Å². The Morgan fingerprint density at radius 1 is 1.10 bits per heavy atom. The van der Waals surface area contributed by atoms with Crippen LogP contribution >= 0.6 is 11.6 Å². The summed E-state index contributed by atoms with van der Waals surface area (Å²) in [5, 5.41) is 3.12. The molecule has 0 saturated heterocycles. The van der Waals surface area contributed by atoms with Crippen molar-refractivity contribution in [2.24, 2.45) is 0 Å². The molecule has 4 rings (SSSR count). The van der Waals surface area contributed by atoms with Crippen LogP contribution in [0.3, 0.4) is 0 Å². The van der Waals surface area contributed by atoms with Gasteiger partial charge in [-0.3, -0.25) is 4.79 Å². The lowest BCUT2D eigenvalue weighted by atomic mass is 10.1. The molecular weight excluding hydrogens is 419 g/mol. The van der Waals surface area contributed by atoms with E-state index >= 15 is 0 Å². The maximum atomic E-state index is 12.8. The average molecular weight is 434 g/mol. The van der Waals surface area contributed by atoms with E-state index in [9.17, 15) is 18.0 Å². The summed E-state index contributed by atoms with van der Waals surface area (Å²) in [7, 11) is 0. The Morgan fingerprint density at radius 2 is 1.87 bits per heavy atom. The van der Waals surface area contributed by atoms with Crippen LogP contribution in [0, 0.1) is 0 Å². The zero-order chi connectivity index (χ0) is 21.3. The van der Waals surface area contributed by atoms with Gasteiger partial charge in [-0.05, 0) is 48.5 Å². The summed E-state index contributed by atoms with van der Waals surface area (Å²) in [6, 6.07) is 12.9. The summed E-state index contributed by atoms with van der Waals surface area (Å²) in [6.07, 6.45) is -2.90. The minimum Gasteiger partial charge on any atom is -0.489 e. The molecule has 5 nitrogen and oxygen atoms in total. The quantitative estimate of drug-likeness (QED) is 0.589. The van der Waals surface area contributed by atoms with E-state index in [2.05, 4.69) is 10.3 Å². The van der Waals surface area contributed by atoms with Gasteiger partial charge in [-0.15, -0.1) is 0 Å². The van der Waals surface area contributed by atoms with Gasteiger partial charge < -0.3 is 15.0 Å². The maximum Gasteiger partial charge on any atom is 0.416 e. The van der Waals surface area contributed by atoms with E-state index in [0.717, 1.165) is 12.1 Å². The van der Waals surface area contributed by atoms with Crippen molar-refractivity contribution in [2.45, 2.75) is 6.18 Å². The molecule has 0 radical (unpaired) electrons. The number of benzene rings is 2. The van der Waals surface area contributed by atoms with E-state index in [1.807, 2.05) is 4.90 Å². The highest BCUT2D eigenvalue weighted by Crippen LogP contribution is 2.39. The summed E-state index contributed by atoms with van der Waals surface area (Å²) in [5.41, 5.74) is 0.395. The van der Waals surface area contributed by atoms with Crippen molar-refractivity contribution in [3.05, 3.63) is 76.9 Å². The van der Waals surface area contributed by atoms with Crippen molar-refractivity contribution in [1.82, 2.24) is 4.98 Å². The second-order valence-corrected chi connectivity index (χ2v) is 6.95. The van der Waals surface area contributed by atoms with Gasteiger partial charge in [0, 0.05) is 11.9 Å². The standard InChI is InChI=1S/C21H15ClF3N3O2/c22-14-6-9-18(26-12-14)28-10-11-30-19-16(2-1-3-17(19)28)20(29)27-15-7-4-13(5-8-15)21(23,24)25/h1-9,12H,10-11H2,(H,27,29). The third kappa shape index (κ3) is 4.04. The molecule has 0 saturated carbocycles. The Kier molecular flexibility index (Phi) is 5.26. The lowest BCUT2D eigenvalue weighted by Crippen LogP contribution is -2.30. The van der Waals surface area contributed by atoms with Crippen LogP contribution < -0.4 is 15.0 Å². The molecule has 3 aromatic rings. The zero-order valence-electron chi connectivity index (χ0n) is 15.4. The number of rotatable bonds is 3. The van der Waals surface area contributed by atoms with Gasteiger partial charge in [0.15, 0.2) is 5.75 Å². The Morgan fingerprint density at radius 3 is 2.53 bits per heavy atom. The third-order valence-corrected chi connectivity index (χ3v) is 4.77. The number of nitrogens with one attached hydrogen (secondary N) is 1. The smallest absolute Gasteiger partial charge is 0.416 e. The normalized spacial score (nSPS) is 13.4. The minimum atomic E-state index is -4.44. The number of fused-ring (bicyclic) bond motifs is 1. The number of ether oxygens (including phenoxy) is 1. The molecule has 2 heterocycles. The Labute approximate surface area is 175 Å². The monoisotopic (exact) mass is 433 g/mol. The van der Waals surface area contributed by atoms with Crippen LogP contribution in [0.15, 0.2) is 60.8 Å². The van der Waals surface area contributed by atoms with Crippen molar-refractivity contribution in [3.63, 3.8) is 0 Å². The van der Waals surface area contributed by atoms with E-state index in [1.54, 1.807) is 30.3 Å². The highest BCUT2D eigenvalue weighted by atomic mass is 35.5.